The third kappa shape index (κ3) is 2.18. The lowest BCUT2D eigenvalue weighted by molar-refractivity contribution is 0.418. The summed E-state index contributed by atoms with van der Waals surface area (Å²) in [5, 5.41) is 9.40. The molecule has 0 saturated carbocycles. The molecule has 1 saturated heterocycles. The van der Waals surface area contributed by atoms with Gasteiger partial charge >= 0.3 is 7.05 Å². The molecular formula is C10H14BFN2O. The summed E-state index contributed by atoms with van der Waals surface area (Å²) in [6, 6.07) is 3.04. The topological polar surface area (TPSA) is 36.4 Å². The summed E-state index contributed by atoms with van der Waals surface area (Å²) in [6.45, 7) is 3.22. The van der Waals surface area contributed by atoms with Gasteiger partial charge in [0.2, 0.25) is 0 Å². The highest BCUT2D eigenvalue weighted by Gasteiger charge is 2.30. The average molecular weight is 208 g/mol. The van der Waals surface area contributed by atoms with E-state index < -0.39 is 7.05 Å². The van der Waals surface area contributed by atoms with Crippen LogP contribution in [0.15, 0.2) is 18.3 Å². The highest BCUT2D eigenvalue weighted by Crippen LogP contribution is 2.27. The fourth-order valence-electron chi connectivity index (χ4n) is 2.05. The van der Waals surface area contributed by atoms with Crippen molar-refractivity contribution in [2.75, 3.05) is 13.1 Å². The zero-order chi connectivity index (χ0) is 10.8. The summed E-state index contributed by atoms with van der Waals surface area (Å²) in [4.78, 5) is 6.00. The van der Waals surface area contributed by atoms with E-state index in [9.17, 15) is 9.41 Å². The molecular weight excluding hydrogens is 194 g/mol. The minimum Gasteiger partial charge on any atom is -0.437 e. The van der Waals surface area contributed by atoms with Gasteiger partial charge in [0.15, 0.2) is 0 Å². The Morgan fingerprint density at radius 1 is 1.67 bits per heavy atom. The predicted molar refractivity (Wildman–Crippen MR) is 57.0 cm³/mol. The van der Waals surface area contributed by atoms with Crippen molar-refractivity contribution in [2.24, 2.45) is 0 Å². The lowest BCUT2D eigenvalue weighted by Gasteiger charge is -2.16. The number of hydrogen-bond donors (Lipinski definition) is 1. The number of rotatable bonds is 2. The fourth-order valence-corrected chi connectivity index (χ4v) is 2.05. The van der Waals surface area contributed by atoms with Crippen molar-refractivity contribution >= 4 is 7.05 Å². The van der Waals surface area contributed by atoms with Crippen molar-refractivity contribution in [3.05, 3.63) is 29.8 Å². The third-order valence-electron chi connectivity index (χ3n) is 2.92. The van der Waals surface area contributed by atoms with Crippen LogP contribution in [-0.4, -0.2) is 35.0 Å². The SMILES string of the molecule is CB(O)N1CCC(c2ncccc2F)C1. The van der Waals surface area contributed by atoms with E-state index in [2.05, 4.69) is 4.98 Å². The van der Waals surface area contributed by atoms with Crippen LogP contribution in [0.4, 0.5) is 4.39 Å². The minimum atomic E-state index is -0.457. The Kier molecular flexibility index (Phi) is 3.02. The van der Waals surface area contributed by atoms with E-state index in [-0.39, 0.29) is 11.7 Å². The van der Waals surface area contributed by atoms with Gasteiger partial charge in [0, 0.05) is 12.1 Å². The van der Waals surface area contributed by atoms with Gasteiger partial charge in [0.25, 0.3) is 0 Å². The second kappa shape index (κ2) is 4.29. The molecule has 1 atom stereocenters. The van der Waals surface area contributed by atoms with Crippen LogP contribution in [-0.2, 0) is 0 Å². The summed E-state index contributed by atoms with van der Waals surface area (Å²) >= 11 is 0. The van der Waals surface area contributed by atoms with E-state index in [1.807, 2.05) is 4.81 Å². The summed E-state index contributed by atoms with van der Waals surface area (Å²) in [6.07, 6.45) is 2.47. The highest BCUT2D eigenvalue weighted by molar-refractivity contribution is 6.45. The zero-order valence-corrected chi connectivity index (χ0v) is 8.73. The summed E-state index contributed by atoms with van der Waals surface area (Å²) in [5.74, 6) is -0.129. The summed E-state index contributed by atoms with van der Waals surface area (Å²) in [5.41, 5.74) is 0.528. The summed E-state index contributed by atoms with van der Waals surface area (Å²) < 4.78 is 13.4. The Morgan fingerprint density at radius 2 is 2.47 bits per heavy atom. The molecule has 2 rings (SSSR count). The number of halogens is 1. The molecule has 1 aliphatic rings. The van der Waals surface area contributed by atoms with Crippen molar-refractivity contribution in [1.82, 2.24) is 9.79 Å². The minimum absolute atomic E-state index is 0.112. The van der Waals surface area contributed by atoms with Gasteiger partial charge in [-0.25, -0.2) is 4.39 Å². The van der Waals surface area contributed by atoms with Crippen LogP contribution < -0.4 is 0 Å². The smallest absolute Gasteiger partial charge is 0.376 e. The largest absolute Gasteiger partial charge is 0.437 e. The first-order valence-electron chi connectivity index (χ1n) is 5.21. The predicted octanol–water partition coefficient (Wildman–Crippen LogP) is 1.12. The monoisotopic (exact) mass is 208 g/mol. The van der Waals surface area contributed by atoms with E-state index in [1.54, 1.807) is 19.1 Å². The number of aromatic nitrogens is 1. The average Bonchev–Trinajstić information content (AvgIpc) is 2.67. The Morgan fingerprint density at radius 3 is 3.07 bits per heavy atom. The van der Waals surface area contributed by atoms with E-state index >= 15 is 0 Å². The van der Waals surface area contributed by atoms with Crippen LogP contribution >= 0.6 is 0 Å². The van der Waals surface area contributed by atoms with Crippen molar-refractivity contribution < 1.29 is 9.41 Å². The first-order chi connectivity index (χ1) is 7.18. The quantitative estimate of drug-likeness (QED) is 0.739. The molecule has 1 aromatic rings. The zero-order valence-electron chi connectivity index (χ0n) is 8.73. The van der Waals surface area contributed by atoms with Crippen LogP contribution in [0.25, 0.3) is 0 Å². The van der Waals surface area contributed by atoms with Gasteiger partial charge in [-0.05, 0) is 38.5 Å². The molecule has 2 heterocycles. The Labute approximate surface area is 89.1 Å². The maximum absolute atomic E-state index is 13.4. The second-order valence-corrected chi connectivity index (χ2v) is 3.98. The lowest BCUT2D eigenvalue weighted by Crippen LogP contribution is -2.34. The molecule has 1 fully saturated rings. The molecule has 5 heteroatoms. The van der Waals surface area contributed by atoms with Gasteiger partial charge in [-0.2, -0.15) is 0 Å². The van der Waals surface area contributed by atoms with Crippen LogP contribution in [0, 0.1) is 5.82 Å². The molecule has 80 valence electrons. The van der Waals surface area contributed by atoms with Crippen LogP contribution in [0.3, 0.4) is 0 Å². The van der Waals surface area contributed by atoms with E-state index in [4.69, 9.17) is 0 Å². The normalized spacial score (nSPS) is 21.9. The molecule has 15 heavy (non-hydrogen) atoms. The van der Waals surface area contributed by atoms with Gasteiger partial charge in [0.1, 0.15) is 5.82 Å². The number of hydrogen-bond acceptors (Lipinski definition) is 3. The molecule has 1 unspecified atom stereocenters. The molecule has 0 aliphatic carbocycles. The lowest BCUT2D eigenvalue weighted by atomic mass is 9.86. The molecule has 1 N–H and O–H groups in total. The number of pyridine rings is 1. The van der Waals surface area contributed by atoms with E-state index in [1.165, 1.54) is 6.07 Å². The Bertz CT molecular complexity index is 348. The van der Waals surface area contributed by atoms with Crippen LogP contribution in [0.1, 0.15) is 18.0 Å². The second-order valence-electron chi connectivity index (χ2n) is 3.98. The van der Waals surface area contributed by atoms with Gasteiger partial charge < -0.3 is 9.83 Å². The Balaban J connectivity index is 2.11. The Hall–Kier alpha value is -0.935. The summed E-state index contributed by atoms with van der Waals surface area (Å²) in [7, 11) is -0.457. The van der Waals surface area contributed by atoms with E-state index in [0.717, 1.165) is 13.0 Å². The van der Waals surface area contributed by atoms with Gasteiger partial charge in [-0.3, -0.25) is 4.98 Å². The standard InChI is InChI=1S/C10H14BFN2O/c1-11(15)14-6-4-8(7-14)10-9(12)3-2-5-13-10/h2-3,5,8,15H,4,6-7H2,1H3. The molecule has 0 radical (unpaired) electrons. The maximum atomic E-state index is 13.4. The van der Waals surface area contributed by atoms with Crippen molar-refractivity contribution in [1.29, 1.82) is 0 Å². The molecule has 1 aromatic heterocycles. The van der Waals surface area contributed by atoms with Crippen LogP contribution in [0.5, 0.6) is 0 Å². The van der Waals surface area contributed by atoms with Crippen molar-refractivity contribution in [3.63, 3.8) is 0 Å². The van der Waals surface area contributed by atoms with Gasteiger partial charge in [-0.15, -0.1) is 0 Å². The van der Waals surface area contributed by atoms with Crippen LogP contribution in [0.2, 0.25) is 6.82 Å². The van der Waals surface area contributed by atoms with Gasteiger partial charge in [-0.1, -0.05) is 0 Å². The van der Waals surface area contributed by atoms with Crippen molar-refractivity contribution in [2.45, 2.75) is 19.2 Å². The highest BCUT2D eigenvalue weighted by atomic mass is 19.1. The van der Waals surface area contributed by atoms with Gasteiger partial charge in [0.05, 0.1) is 5.69 Å². The maximum Gasteiger partial charge on any atom is 0.376 e. The first kappa shape index (κ1) is 10.6. The molecule has 0 bridgehead atoms. The van der Waals surface area contributed by atoms with Crippen molar-refractivity contribution in [3.8, 4) is 0 Å². The third-order valence-corrected chi connectivity index (χ3v) is 2.92. The fraction of sp³-hybridized carbons (Fsp3) is 0.500. The van der Waals surface area contributed by atoms with E-state index in [0.29, 0.717) is 12.2 Å². The molecule has 1 aliphatic heterocycles. The first-order valence-corrected chi connectivity index (χ1v) is 5.21. The molecule has 0 aromatic carbocycles. The number of nitrogens with zero attached hydrogens (tertiary/aromatic N) is 2. The molecule has 3 nitrogen and oxygen atoms in total. The molecule has 0 spiro atoms. The molecule has 0 amide bonds.